The fraction of sp³-hybridized carbons (Fsp3) is 1.00. The van der Waals surface area contributed by atoms with E-state index in [0.29, 0.717) is 12.0 Å². The Hall–Kier alpha value is 0.270. The Morgan fingerprint density at radius 2 is 2.33 bits per heavy atom. The average molecular weight is 229 g/mol. The molecule has 3 heteroatoms. The molecule has 2 N–H and O–H groups in total. The van der Waals surface area contributed by atoms with Crippen molar-refractivity contribution < 1.29 is 5.11 Å². The van der Waals surface area contributed by atoms with E-state index in [-0.39, 0.29) is 6.10 Å². The molecule has 0 amide bonds. The molecular weight excluding hydrogens is 206 g/mol. The van der Waals surface area contributed by atoms with Gasteiger partial charge in [0.2, 0.25) is 0 Å². The summed E-state index contributed by atoms with van der Waals surface area (Å²) in [6.07, 6.45) is 4.85. The summed E-state index contributed by atoms with van der Waals surface area (Å²) < 4.78 is 0. The van der Waals surface area contributed by atoms with Gasteiger partial charge >= 0.3 is 0 Å². The normalized spacial score (nSPS) is 39.2. The summed E-state index contributed by atoms with van der Waals surface area (Å²) in [6.45, 7) is 3.37. The molecule has 2 aliphatic heterocycles. The van der Waals surface area contributed by atoms with Gasteiger partial charge in [0.15, 0.2) is 0 Å². The number of aliphatic hydroxyl groups excluding tert-OH is 1. The Morgan fingerprint density at radius 1 is 1.47 bits per heavy atom. The van der Waals surface area contributed by atoms with Crippen LogP contribution in [0.2, 0.25) is 0 Å². The largest absolute Gasteiger partial charge is 0.391 e. The molecular formula is C12H23NOS. The van der Waals surface area contributed by atoms with Crippen LogP contribution < -0.4 is 5.32 Å². The van der Waals surface area contributed by atoms with Crippen molar-refractivity contribution in [1.82, 2.24) is 5.32 Å². The minimum atomic E-state index is -0.102. The highest BCUT2D eigenvalue weighted by atomic mass is 32.2. The standard InChI is InChI=1S/C12H23NOS/c1-2-9-3-5-13-11(7-9)12(14)10-4-6-15-8-10/h9-14H,2-8H2,1H3. The molecule has 2 heterocycles. The van der Waals surface area contributed by atoms with Crippen LogP contribution in [0.5, 0.6) is 0 Å². The molecule has 88 valence electrons. The van der Waals surface area contributed by atoms with Gasteiger partial charge in [-0.1, -0.05) is 13.3 Å². The minimum Gasteiger partial charge on any atom is -0.391 e. The Morgan fingerprint density at radius 3 is 3.00 bits per heavy atom. The number of rotatable bonds is 3. The highest BCUT2D eigenvalue weighted by Gasteiger charge is 2.32. The van der Waals surface area contributed by atoms with E-state index in [2.05, 4.69) is 12.2 Å². The van der Waals surface area contributed by atoms with Gasteiger partial charge in [-0.3, -0.25) is 0 Å². The fourth-order valence-electron chi connectivity index (χ4n) is 2.81. The van der Waals surface area contributed by atoms with Crippen molar-refractivity contribution in [2.24, 2.45) is 11.8 Å². The van der Waals surface area contributed by atoms with Crippen molar-refractivity contribution >= 4 is 11.8 Å². The lowest BCUT2D eigenvalue weighted by molar-refractivity contribution is 0.0569. The maximum atomic E-state index is 10.3. The summed E-state index contributed by atoms with van der Waals surface area (Å²) in [7, 11) is 0. The molecule has 0 aromatic carbocycles. The molecule has 0 radical (unpaired) electrons. The molecule has 2 aliphatic rings. The lowest BCUT2D eigenvalue weighted by atomic mass is 9.84. The minimum absolute atomic E-state index is 0.102. The molecule has 0 aromatic rings. The molecule has 4 atom stereocenters. The monoisotopic (exact) mass is 229 g/mol. The van der Waals surface area contributed by atoms with Crippen molar-refractivity contribution in [2.45, 2.75) is 44.8 Å². The van der Waals surface area contributed by atoms with Crippen LogP contribution in [-0.2, 0) is 0 Å². The maximum absolute atomic E-state index is 10.3. The van der Waals surface area contributed by atoms with E-state index in [1.54, 1.807) is 0 Å². The van der Waals surface area contributed by atoms with Crippen LogP contribution in [0.4, 0.5) is 0 Å². The van der Waals surface area contributed by atoms with Crippen molar-refractivity contribution in [1.29, 1.82) is 0 Å². The second-order valence-electron chi connectivity index (χ2n) is 4.97. The number of hydrogen-bond donors (Lipinski definition) is 2. The lowest BCUT2D eigenvalue weighted by Crippen LogP contribution is -2.48. The first kappa shape index (κ1) is 11.7. The topological polar surface area (TPSA) is 32.3 Å². The molecule has 2 saturated heterocycles. The first-order valence-corrected chi connectivity index (χ1v) is 7.46. The van der Waals surface area contributed by atoms with Gasteiger partial charge in [-0.05, 0) is 49.1 Å². The van der Waals surface area contributed by atoms with Gasteiger partial charge in [-0.15, -0.1) is 0 Å². The van der Waals surface area contributed by atoms with Crippen LogP contribution in [0.1, 0.15) is 32.6 Å². The van der Waals surface area contributed by atoms with Crippen LogP contribution in [0.25, 0.3) is 0 Å². The van der Waals surface area contributed by atoms with E-state index < -0.39 is 0 Å². The Kier molecular flexibility index (Phi) is 4.35. The van der Waals surface area contributed by atoms with E-state index in [9.17, 15) is 5.11 Å². The van der Waals surface area contributed by atoms with E-state index in [1.807, 2.05) is 11.8 Å². The van der Waals surface area contributed by atoms with Crippen LogP contribution in [0.3, 0.4) is 0 Å². The third kappa shape index (κ3) is 2.89. The number of thioether (sulfide) groups is 1. The third-order valence-electron chi connectivity index (χ3n) is 3.98. The van der Waals surface area contributed by atoms with Crippen LogP contribution in [-0.4, -0.2) is 35.3 Å². The van der Waals surface area contributed by atoms with Gasteiger partial charge < -0.3 is 10.4 Å². The van der Waals surface area contributed by atoms with Gasteiger partial charge in [0, 0.05) is 6.04 Å². The van der Waals surface area contributed by atoms with Crippen LogP contribution >= 0.6 is 11.8 Å². The zero-order chi connectivity index (χ0) is 10.7. The van der Waals surface area contributed by atoms with Gasteiger partial charge in [-0.25, -0.2) is 0 Å². The SMILES string of the molecule is CCC1CCNC(C(O)C2CCSC2)C1. The molecule has 0 aliphatic carbocycles. The second kappa shape index (κ2) is 5.55. The highest BCUT2D eigenvalue weighted by Crippen LogP contribution is 2.30. The molecule has 2 nitrogen and oxygen atoms in total. The van der Waals surface area contributed by atoms with Crippen molar-refractivity contribution in [2.75, 3.05) is 18.1 Å². The first-order chi connectivity index (χ1) is 7.31. The molecule has 0 aromatic heterocycles. The fourth-order valence-corrected chi connectivity index (χ4v) is 4.12. The van der Waals surface area contributed by atoms with Gasteiger partial charge in [0.25, 0.3) is 0 Å². The zero-order valence-corrected chi connectivity index (χ0v) is 10.4. The summed E-state index contributed by atoms with van der Waals surface area (Å²) in [6, 6.07) is 0.368. The molecule has 2 rings (SSSR count). The Balaban J connectivity index is 1.85. The summed E-state index contributed by atoms with van der Waals surface area (Å²) in [5, 5.41) is 13.8. The third-order valence-corrected chi connectivity index (χ3v) is 5.17. The molecule has 0 saturated carbocycles. The predicted molar refractivity (Wildman–Crippen MR) is 66.2 cm³/mol. The number of aliphatic hydroxyl groups is 1. The zero-order valence-electron chi connectivity index (χ0n) is 9.61. The lowest BCUT2D eigenvalue weighted by Gasteiger charge is -2.35. The maximum Gasteiger partial charge on any atom is 0.0729 e. The second-order valence-corrected chi connectivity index (χ2v) is 6.12. The van der Waals surface area contributed by atoms with Crippen molar-refractivity contribution in [3.8, 4) is 0 Å². The molecule has 0 spiro atoms. The summed E-state index contributed by atoms with van der Waals surface area (Å²) in [4.78, 5) is 0. The summed E-state index contributed by atoms with van der Waals surface area (Å²) in [5.74, 6) is 3.78. The number of nitrogens with one attached hydrogen (secondary N) is 1. The smallest absolute Gasteiger partial charge is 0.0729 e. The van der Waals surface area contributed by atoms with Gasteiger partial charge in [0.05, 0.1) is 6.10 Å². The Labute approximate surface area is 97.2 Å². The van der Waals surface area contributed by atoms with Crippen LogP contribution in [0, 0.1) is 11.8 Å². The molecule has 2 fully saturated rings. The predicted octanol–water partition coefficient (Wildman–Crippen LogP) is 1.88. The highest BCUT2D eigenvalue weighted by molar-refractivity contribution is 7.99. The van der Waals surface area contributed by atoms with Crippen molar-refractivity contribution in [3.63, 3.8) is 0 Å². The summed E-state index contributed by atoms with van der Waals surface area (Å²) in [5.41, 5.74) is 0. The molecule has 4 unspecified atom stereocenters. The van der Waals surface area contributed by atoms with E-state index in [4.69, 9.17) is 0 Å². The van der Waals surface area contributed by atoms with E-state index >= 15 is 0 Å². The van der Waals surface area contributed by atoms with Crippen LogP contribution in [0.15, 0.2) is 0 Å². The quantitative estimate of drug-likeness (QED) is 0.775. The number of hydrogen-bond acceptors (Lipinski definition) is 3. The van der Waals surface area contributed by atoms with E-state index in [0.717, 1.165) is 18.2 Å². The molecule has 0 bridgehead atoms. The number of piperidine rings is 1. The van der Waals surface area contributed by atoms with Gasteiger partial charge in [-0.2, -0.15) is 11.8 Å². The van der Waals surface area contributed by atoms with Crippen molar-refractivity contribution in [3.05, 3.63) is 0 Å². The molecule has 15 heavy (non-hydrogen) atoms. The summed E-state index contributed by atoms with van der Waals surface area (Å²) >= 11 is 1.99. The van der Waals surface area contributed by atoms with E-state index in [1.165, 1.54) is 31.4 Å². The average Bonchev–Trinajstić information content (AvgIpc) is 2.81. The Bertz CT molecular complexity index is 194. The first-order valence-electron chi connectivity index (χ1n) is 6.30. The van der Waals surface area contributed by atoms with Gasteiger partial charge in [0.1, 0.15) is 0 Å².